The molecule has 0 bridgehead atoms. The molecule has 0 nitrogen and oxygen atoms in total. The highest BCUT2D eigenvalue weighted by molar-refractivity contribution is 7.79. The van der Waals surface area contributed by atoms with Gasteiger partial charge in [0.05, 0.1) is 0 Å². The summed E-state index contributed by atoms with van der Waals surface area (Å²) in [7, 11) is -0.446. The van der Waals surface area contributed by atoms with Crippen molar-refractivity contribution < 1.29 is 0 Å². The Bertz CT molecular complexity index is 4600. The Balaban J connectivity index is 0.00000114. The molecule has 0 aliphatic carbocycles. The van der Waals surface area contributed by atoms with Gasteiger partial charge >= 0.3 is 0 Å². The summed E-state index contributed by atoms with van der Waals surface area (Å²) in [6, 6.07) is 32.3. The van der Waals surface area contributed by atoms with E-state index in [1.807, 2.05) is 0 Å². The first-order chi connectivity index (χ1) is 42.7. The summed E-state index contributed by atoms with van der Waals surface area (Å²) in [5.41, 5.74) is 0. The highest BCUT2D eigenvalue weighted by Crippen LogP contribution is 2.32. The lowest BCUT2D eigenvalue weighted by molar-refractivity contribution is 0.509. The van der Waals surface area contributed by atoms with Gasteiger partial charge in [0.15, 0.2) is 0 Å². The van der Waals surface area contributed by atoms with Gasteiger partial charge in [0.25, 0.3) is 0 Å². The molecule has 0 aromatic heterocycles. The summed E-state index contributed by atoms with van der Waals surface area (Å²) >= 11 is 0. The number of rotatable bonds is 6. The molecule has 3 aromatic carbocycles. The van der Waals surface area contributed by atoms with Crippen LogP contribution in [0.1, 0.15) is 53.9 Å². The van der Waals surface area contributed by atoms with Crippen molar-refractivity contribution in [3.63, 3.8) is 0 Å². The number of hydrogen-bond donors (Lipinski definition) is 0. The molecule has 0 amide bonds. The molecule has 86 heavy (non-hydrogen) atoms. The summed E-state index contributed by atoms with van der Waals surface area (Å²) in [5, 5.41) is 4.19. The van der Waals surface area contributed by atoms with Crippen molar-refractivity contribution in [1.82, 2.24) is 0 Å². The molecule has 0 radical (unpaired) electrons. The van der Waals surface area contributed by atoms with E-state index in [1.165, 1.54) is 35.2 Å². The quantitative estimate of drug-likeness (QED) is 0.179. The fraction of sp³-hybridized carbons (Fsp3) is 0.106. The van der Waals surface area contributed by atoms with Crippen molar-refractivity contribution in [1.29, 1.82) is 0 Å². The fourth-order valence-electron chi connectivity index (χ4n) is 4.69. The maximum Gasteiger partial charge on any atom is 0 e. The average Bonchev–Trinajstić information content (AvgIpc) is 3.52. The van der Waals surface area contributed by atoms with Crippen LogP contribution < -0.4 is 15.9 Å². The molecule has 1 atom stereocenters. The molecule has 0 fully saturated rings. The second kappa shape index (κ2) is 58.0. The molecule has 3 rings (SSSR count). The maximum absolute atomic E-state index is 2.63. The SMILES string of the molecule is CC#CC#CC#CC#CC#CC#CC#CC#CC#CC#CC#CC#CC#CC#CC#CC#CC#CC#CC#CC#CC#CC#CC#CC#CC#CC#CC#CC#CC#CC.CCCC(C)CC.c1ccc(P(c2ccccc2)c2ccccc2)cc1. The summed E-state index contributed by atoms with van der Waals surface area (Å²) in [6.45, 7) is 10.2. The van der Waals surface area contributed by atoms with Crippen LogP contribution in [0.3, 0.4) is 0 Å². The summed E-state index contributed by atoms with van der Waals surface area (Å²) < 4.78 is 0. The van der Waals surface area contributed by atoms with E-state index in [1.54, 1.807) is 13.8 Å². The van der Waals surface area contributed by atoms with E-state index in [0.717, 1.165) is 5.92 Å². The Morgan fingerprint density at radius 2 is 0.372 bits per heavy atom. The van der Waals surface area contributed by atoms with Crippen LogP contribution in [0.25, 0.3) is 0 Å². The zero-order valence-corrected chi connectivity index (χ0v) is 48.2. The van der Waals surface area contributed by atoms with Gasteiger partial charge in [-0.1, -0.05) is 143 Å². The van der Waals surface area contributed by atoms with E-state index >= 15 is 0 Å². The fourth-order valence-corrected chi connectivity index (χ4v) is 6.99. The summed E-state index contributed by atoms with van der Waals surface area (Å²) in [5.74, 6) is 147. The van der Waals surface area contributed by atoms with Crippen molar-refractivity contribution in [2.75, 3.05) is 0 Å². The Labute approximate surface area is 514 Å². The van der Waals surface area contributed by atoms with E-state index in [-0.39, 0.29) is 0 Å². The topological polar surface area (TPSA) is 0 Å². The van der Waals surface area contributed by atoms with Crippen LogP contribution in [0.5, 0.6) is 0 Å². The predicted octanol–water partition coefficient (Wildman–Crippen LogP) is 7.40. The van der Waals surface area contributed by atoms with E-state index in [2.05, 4.69) is 455 Å². The molecule has 0 saturated heterocycles. The monoisotopic (exact) mass is 1090 g/mol. The number of hydrogen-bond acceptors (Lipinski definition) is 0. The largest absolute Gasteiger partial charge is 0.0925 e. The van der Waals surface area contributed by atoms with E-state index < -0.39 is 7.92 Å². The van der Waals surface area contributed by atoms with Gasteiger partial charge in [-0.2, -0.15) is 0 Å². The third-order valence-corrected chi connectivity index (χ3v) is 10.7. The number of benzene rings is 3. The Kier molecular flexibility index (Phi) is 46.8. The van der Waals surface area contributed by atoms with E-state index in [4.69, 9.17) is 0 Å². The van der Waals surface area contributed by atoms with Gasteiger partial charge < -0.3 is 0 Å². The van der Waals surface area contributed by atoms with Crippen molar-refractivity contribution in [3.05, 3.63) is 91.0 Å². The molecule has 0 aliphatic rings. The first-order valence-corrected chi connectivity index (χ1v) is 26.3. The predicted molar refractivity (Wildman–Crippen MR) is 356 cm³/mol. The minimum absolute atomic E-state index is 0.446. The molecule has 1 unspecified atom stereocenters. The van der Waals surface area contributed by atoms with Crippen LogP contribution in [0.2, 0.25) is 0 Å². The minimum Gasteiger partial charge on any atom is -0.0925 e. The Morgan fingerprint density at radius 3 is 0.477 bits per heavy atom. The second-order valence-corrected chi connectivity index (χ2v) is 16.4. The van der Waals surface area contributed by atoms with Crippen LogP contribution in [0.15, 0.2) is 91.0 Å². The van der Waals surface area contributed by atoms with Crippen molar-refractivity contribution in [2.24, 2.45) is 5.92 Å². The molecular formula is C85H37P. The van der Waals surface area contributed by atoms with Gasteiger partial charge in [-0.05, 0) is 138 Å². The molecule has 382 valence electrons. The van der Waals surface area contributed by atoms with Gasteiger partial charge in [-0.3, -0.25) is 0 Å². The minimum atomic E-state index is -0.446. The third kappa shape index (κ3) is 46.6. The van der Waals surface area contributed by atoms with Gasteiger partial charge in [0, 0.05) is 237 Å². The zero-order chi connectivity index (χ0) is 61.6. The van der Waals surface area contributed by atoms with Gasteiger partial charge in [-0.25, -0.2) is 0 Å². The first-order valence-electron chi connectivity index (χ1n) is 25.0. The van der Waals surface area contributed by atoms with Crippen molar-refractivity contribution >= 4 is 23.8 Å². The third-order valence-electron chi connectivity index (χ3n) is 8.21. The molecule has 0 heterocycles. The Hall–Kier alpha value is -14.7. The molecule has 0 aliphatic heterocycles. The lowest BCUT2D eigenvalue weighted by Gasteiger charge is -2.18. The molecule has 0 N–H and O–H groups in total. The standard InChI is InChI=1S/C60H6.C18H15P.C7H16/c1-3-5-7-9-11-13-15-17-19-21-23-25-27-29-31-33-35-37-39-41-43-45-47-49-51-53-55-57-59-60-58-56-54-52-50-48-46-44-42-40-38-36-34-32-30-28-26-24-22-20-18-16-14-12-10-8-6-4-2;1-4-10-16(11-5-1)19(17-12-6-2-7-13-17)18-14-8-3-9-15-18;1-4-6-7(3)5-2/h1-2H3;1-15H;7H,4-6H2,1-3H3. The lowest BCUT2D eigenvalue weighted by atomic mass is 10.0. The molecular weight excluding hydrogens is 1050 g/mol. The van der Waals surface area contributed by atoms with E-state index in [0.29, 0.717) is 0 Å². The van der Waals surface area contributed by atoms with Gasteiger partial charge in [0.2, 0.25) is 0 Å². The van der Waals surface area contributed by atoms with Gasteiger partial charge in [-0.15, -0.1) is 0 Å². The van der Waals surface area contributed by atoms with Gasteiger partial charge in [0.1, 0.15) is 0 Å². The highest BCUT2D eigenvalue weighted by Gasteiger charge is 2.15. The second-order valence-electron chi connectivity index (χ2n) is 14.1. The zero-order valence-electron chi connectivity index (χ0n) is 47.3. The molecule has 0 spiro atoms. The van der Waals surface area contributed by atoms with Crippen LogP contribution in [0, 0.1) is 349 Å². The van der Waals surface area contributed by atoms with Crippen LogP contribution in [-0.2, 0) is 0 Å². The molecule has 0 saturated carbocycles. The first kappa shape index (κ1) is 69.3. The summed E-state index contributed by atoms with van der Waals surface area (Å²) in [6.07, 6.45) is 4.08. The van der Waals surface area contributed by atoms with E-state index in [9.17, 15) is 0 Å². The lowest BCUT2D eigenvalue weighted by Crippen LogP contribution is -2.20. The molecule has 1 heteroatoms. The van der Waals surface area contributed by atoms with Crippen molar-refractivity contribution in [2.45, 2.75) is 53.9 Å². The van der Waals surface area contributed by atoms with Crippen molar-refractivity contribution in [3.8, 4) is 343 Å². The summed E-state index contributed by atoms with van der Waals surface area (Å²) in [4.78, 5) is 0. The molecule has 3 aromatic rings. The Morgan fingerprint density at radius 1 is 0.233 bits per heavy atom. The smallest absolute Gasteiger partial charge is 0 e. The van der Waals surface area contributed by atoms with Crippen LogP contribution in [-0.4, -0.2) is 0 Å². The van der Waals surface area contributed by atoms with Crippen LogP contribution >= 0.6 is 7.92 Å². The normalized spacial score (nSPS) is 6.26. The van der Waals surface area contributed by atoms with Crippen LogP contribution in [0.4, 0.5) is 0 Å². The average molecular weight is 1090 g/mol. The highest BCUT2D eigenvalue weighted by atomic mass is 31.1. The maximum atomic E-state index is 2.63.